The minimum Gasteiger partial charge on any atom is -0.341 e. The van der Waals surface area contributed by atoms with Gasteiger partial charge in [-0.2, -0.15) is 5.10 Å². The Morgan fingerprint density at radius 2 is 2.12 bits per heavy atom. The van der Waals surface area contributed by atoms with Crippen LogP contribution in [0.25, 0.3) is 0 Å². The molecule has 2 saturated heterocycles. The van der Waals surface area contributed by atoms with Crippen LogP contribution in [-0.2, 0) is 11.3 Å². The zero-order valence-electron chi connectivity index (χ0n) is 13.4. The highest BCUT2D eigenvalue weighted by Gasteiger charge is 2.41. The topological polar surface area (TPSA) is 39.2 Å². The van der Waals surface area contributed by atoms with Crippen LogP contribution in [0, 0.1) is 5.82 Å². The first kappa shape index (κ1) is 15.7. The van der Waals surface area contributed by atoms with Crippen LogP contribution in [0.3, 0.4) is 0 Å². The van der Waals surface area contributed by atoms with Crippen LogP contribution in [0.15, 0.2) is 23.3 Å². The van der Waals surface area contributed by atoms with E-state index in [0.717, 1.165) is 50.2 Å². The Morgan fingerprint density at radius 1 is 1.33 bits per heavy atom. The lowest BCUT2D eigenvalue weighted by Crippen LogP contribution is -2.46. The van der Waals surface area contributed by atoms with Crippen molar-refractivity contribution in [1.82, 2.24) is 14.8 Å². The molecule has 5 nitrogen and oxygen atoms in total. The molecule has 3 aliphatic rings. The van der Waals surface area contributed by atoms with E-state index in [1.54, 1.807) is 12.1 Å². The molecule has 3 aliphatic heterocycles. The third-order valence-electron chi connectivity index (χ3n) is 4.97. The van der Waals surface area contributed by atoms with Crippen molar-refractivity contribution in [2.75, 3.05) is 19.8 Å². The number of hydrogen-bond acceptors (Lipinski definition) is 4. The number of carbonyl (C=O) groups is 1. The minimum absolute atomic E-state index is 0.0799. The Hall–Kier alpha value is -1.82. The number of fused-ring (bicyclic) bond motifs is 1. The number of hydrazone groups is 1. The van der Waals surface area contributed by atoms with Gasteiger partial charge in [-0.15, -0.1) is 0 Å². The molecule has 2 fully saturated rings. The number of amidine groups is 1. The molecule has 0 aromatic heterocycles. The molecular formula is C17H20ClFN4O. The van der Waals surface area contributed by atoms with E-state index in [1.165, 1.54) is 6.07 Å². The molecule has 24 heavy (non-hydrogen) atoms. The first-order chi connectivity index (χ1) is 11.6. The van der Waals surface area contributed by atoms with Crippen LogP contribution in [0.1, 0.15) is 31.2 Å². The van der Waals surface area contributed by atoms with Crippen LogP contribution in [0.4, 0.5) is 4.39 Å². The van der Waals surface area contributed by atoms with E-state index >= 15 is 0 Å². The maximum absolute atomic E-state index is 13.3. The van der Waals surface area contributed by atoms with Gasteiger partial charge < -0.3 is 9.80 Å². The van der Waals surface area contributed by atoms with Crippen molar-refractivity contribution in [2.45, 2.75) is 38.3 Å². The molecule has 0 spiro atoms. The Balaban J connectivity index is 1.42. The number of carbonyl (C=O) groups excluding carboxylic acids is 1. The summed E-state index contributed by atoms with van der Waals surface area (Å²) < 4.78 is 13.3. The van der Waals surface area contributed by atoms with Gasteiger partial charge in [0, 0.05) is 19.5 Å². The summed E-state index contributed by atoms with van der Waals surface area (Å²) in [7, 11) is 0. The van der Waals surface area contributed by atoms with Crippen molar-refractivity contribution in [1.29, 1.82) is 0 Å². The minimum atomic E-state index is -0.412. The number of benzene rings is 1. The normalized spacial score (nSPS) is 23.0. The van der Waals surface area contributed by atoms with E-state index in [0.29, 0.717) is 13.2 Å². The highest BCUT2D eigenvalue weighted by molar-refractivity contribution is 6.30. The van der Waals surface area contributed by atoms with Crippen LogP contribution in [0.2, 0.25) is 5.02 Å². The number of likely N-dealkylation sites (tertiary alicyclic amines) is 1. The van der Waals surface area contributed by atoms with Crippen LogP contribution in [-0.4, -0.2) is 52.4 Å². The monoisotopic (exact) mass is 350 g/mol. The fraction of sp³-hybridized carbons (Fsp3) is 0.529. The van der Waals surface area contributed by atoms with Gasteiger partial charge in [0.05, 0.1) is 11.6 Å². The second-order valence-electron chi connectivity index (χ2n) is 6.63. The van der Waals surface area contributed by atoms with Gasteiger partial charge in [0.15, 0.2) is 0 Å². The van der Waals surface area contributed by atoms with Crippen molar-refractivity contribution in [3.63, 3.8) is 0 Å². The number of rotatable bonds is 3. The second kappa shape index (κ2) is 6.24. The largest absolute Gasteiger partial charge is 0.341 e. The van der Waals surface area contributed by atoms with Crippen molar-refractivity contribution in [3.8, 4) is 0 Å². The average molecular weight is 351 g/mol. The molecule has 7 heteroatoms. The van der Waals surface area contributed by atoms with E-state index in [1.807, 2.05) is 9.91 Å². The van der Waals surface area contributed by atoms with E-state index < -0.39 is 5.82 Å². The summed E-state index contributed by atoms with van der Waals surface area (Å²) in [6.07, 6.45) is 3.91. The van der Waals surface area contributed by atoms with Gasteiger partial charge >= 0.3 is 0 Å². The van der Waals surface area contributed by atoms with Crippen LogP contribution >= 0.6 is 11.6 Å². The fourth-order valence-corrected chi connectivity index (χ4v) is 3.95. The molecule has 4 rings (SSSR count). The fourth-order valence-electron chi connectivity index (χ4n) is 3.74. The maximum atomic E-state index is 13.3. The highest BCUT2D eigenvalue weighted by Crippen LogP contribution is 2.28. The van der Waals surface area contributed by atoms with Gasteiger partial charge in [0.1, 0.15) is 24.4 Å². The quantitative estimate of drug-likeness (QED) is 0.841. The summed E-state index contributed by atoms with van der Waals surface area (Å²) in [6.45, 7) is 2.93. The molecule has 0 saturated carbocycles. The molecule has 0 radical (unpaired) electrons. The molecule has 0 N–H and O–H groups in total. The molecule has 1 atom stereocenters. The predicted molar refractivity (Wildman–Crippen MR) is 89.9 cm³/mol. The average Bonchev–Trinajstić information content (AvgIpc) is 3.27. The molecule has 128 valence electrons. The lowest BCUT2D eigenvalue weighted by molar-refractivity contribution is -0.134. The lowest BCUT2D eigenvalue weighted by atomic mass is 10.2. The highest BCUT2D eigenvalue weighted by atomic mass is 35.5. The van der Waals surface area contributed by atoms with Gasteiger partial charge in [-0.1, -0.05) is 17.7 Å². The van der Waals surface area contributed by atoms with Crippen molar-refractivity contribution in [3.05, 3.63) is 34.6 Å². The first-order valence-corrected chi connectivity index (χ1v) is 8.81. The van der Waals surface area contributed by atoms with Crippen LogP contribution in [0.5, 0.6) is 0 Å². The standard InChI is InChI=1S/C17H20ClFN4O/c18-13-9-12(3-4-14(13)19)10-22-11-23-15(5-6-16(23)20-22)17(24)21-7-1-2-8-21/h3-4,9,15H,1-2,5-8,10-11H2/t15-/m0/s1. The summed E-state index contributed by atoms with van der Waals surface area (Å²) in [5, 5.41) is 6.67. The van der Waals surface area contributed by atoms with Gasteiger partial charge in [0.2, 0.25) is 5.91 Å². The molecule has 3 heterocycles. The molecule has 0 bridgehead atoms. The Morgan fingerprint density at radius 3 is 2.88 bits per heavy atom. The van der Waals surface area contributed by atoms with Crippen molar-refractivity contribution < 1.29 is 9.18 Å². The van der Waals surface area contributed by atoms with E-state index in [2.05, 4.69) is 10.0 Å². The molecule has 1 aromatic rings. The number of hydrogen-bond donors (Lipinski definition) is 0. The number of amides is 1. The number of halogens is 2. The van der Waals surface area contributed by atoms with E-state index in [-0.39, 0.29) is 17.0 Å². The zero-order chi connectivity index (χ0) is 16.7. The summed E-state index contributed by atoms with van der Waals surface area (Å²) in [6, 6.07) is 4.65. The zero-order valence-corrected chi connectivity index (χ0v) is 14.2. The summed E-state index contributed by atoms with van der Waals surface area (Å²) in [5.74, 6) is 0.815. The molecule has 1 amide bonds. The molecule has 0 aliphatic carbocycles. The first-order valence-electron chi connectivity index (χ1n) is 8.43. The molecular weight excluding hydrogens is 331 g/mol. The van der Waals surface area contributed by atoms with Gasteiger partial charge in [-0.3, -0.25) is 9.80 Å². The van der Waals surface area contributed by atoms with Crippen LogP contribution < -0.4 is 0 Å². The second-order valence-corrected chi connectivity index (χ2v) is 7.03. The predicted octanol–water partition coefficient (Wildman–Crippen LogP) is 2.65. The smallest absolute Gasteiger partial charge is 0.245 e. The maximum Gasteiger partial charge on any atom is 0.245 e. The SMILES string of the molecule is O=C([C@@H]1CCC2=NN(Cc3ccc(F)c(Cl)c3)CN21)N1CCCC1. The summed E-state index contributed by atoms with van der Waals surface area (Å²) in [4.78, 5) is 16.8. The lowest BCUT2D eigenvalue weighted by Gasteiger charge is -2.27. The van der Waals surface area contributed by atoms with Crippen molar-refractivity contribution in [2.24, 2.45) is 5.10 Å². The van der Waals surface area contributed by atoms with Crippen molar-refractivity contribution >= 4 is 23.3 Å². The van der Waals surface area contributed by atoms with E-state index in [9.17, 15) is 9.18 Å². The van der Waals surface area contributed by atoms with Gasteiger partial charge in [-0.25, -0.2) is 4.39 Å². The van der Waals surface area contributed by atoms with E-state index in [4.69, 9.17) is 11.6 Å². The molecule has 0 unspecified atom stereocenters. The Labute approximate surface area is 145 Å². The summed E-state index contributed by atoms with van der Waals surface area (Å²) >= 11 is 5.84. The third kappa shape index (κ3) is 2.83. The van der Waals surface area contributed by atoms with Gasteiger partial charge in [-0.05, 0) is 37.0 Å². The Kier molecular flexibility index (Phi) is 4.08. The summed E-state index contributed by atoms with van der Waals surface area (Å²) in [5.41, 5.74) is 0.911. The van der Waals surface area contributed by atoms with Gasteiger partial charge in [0.25, 0.3) is 0 Å². The molecule has 1 aromatic carbocycles. The number of nitrogens with zero attached hydrogens (tertiary/aromatic N) is 4. The third-order valence-corrected chi connectivity index (χ3v) is 5.26. The Bertz CT molecular complexity index is 689.